The largest absolute Gasteiger partial charge is 0.309 e. The number of nitrogens with one attached hydrogen (secondary N) is 1. The molecule has 1 aromatic rings. The fourth-order valence-corrected chi connectivity index (χ4v) is 1.58. The maximum Gasteiger partial charge on any atom is 0.0906 e. The van der Waals surface area contributed by atoms with Crippen LogP contribution >= 0.6 is 11.6 Å². The van der Waals surface area contributed by atoms with Crippen LogP contribution in [0, 0.1) is 0 Å². The maximum absolute atomic E-state index is 11.9. The molecule has 1 nitrogen and oxygen atoms in total. The smallest absolute Gasteiger partial charge is 0.0906 e. The first-order valence-electron chi connectivity index (χ1n) is 4.78. The summed E-state index contributed by atoms with van der Waals surface area (Å²) in [5, 5.41) is 3.21. The Morgan fingerprint density at radius 3 is 2.57 bits per heavy atom. The predicted octanol–water partition coefficient (Wildman–Crippen LogP) is 2.92. The minimum Gasteiger partial charge on any atom is -0.309 e. The van der Waals surface area contributed by atoms with Crippen LogP contribution in [0.4, 0.5) is 4.39 Å². The molecule has 0 saturated heterocycles. The summed E-state index contributed by atoms with van der Waals surface area (Å²) in [6, 6.07) is 10.1. The van der Waals surface area contributed by atoms with Crippen molar-refractivity contribution in [3.63, 3.8) is 0 Å². The zero-order chi connectivity index (χ0) is 10.2. The van der Waals surface area contributed by atoms with Crippen molar-refractivity contribution in [2.75, 3.05) is 19.1 Å². The van der Waals surface area contributed by atoms with Crippen LogP contribution in [0.3, 0.4) is 0 Å². The highest BCUT2D eigenvalue weighted by Gasteiger charge is 2.07. The van der Waals surface area contributed by atoms with Crippen LogP contribution in [0.2, 0.25) is 0 Å². The molecule has 1 aromatic carbocycles. The zero-order valence-electron chi connectivity index (χ0n) is 8.05. The average molecular weight is 216 g/mol. The van der Waals surface area contributed by atoms with E-state index in [1.807, 2.05) is 30.3 Å². The number of benzene rings is 1. The van der Waals surface area contributed by atoms with Gasteiger partial charge in [-0.15, -0.1) is 11.6 Å². The van der Waals surface area contributed by atoms with E-state index in [1.54, 1.807) is 0 Å². The molecule has 0 aliphatic carbocycles. The second-order valence-electron chi connectivity index (χ2n) is 3.11. The summed E-state index contributed by atoms with van der Waals surface area (Å²) in [4.78, 5) is 0. The third-order valence-electron chi connectivity index (χ3n) is 2.06. The Balaban J connectivity index is 2.46. The molecule has 0 aliphatic heterocycles. The first kappa shape index (κ1) is 11.5. The van der Waals surface area contributed by atoms with Gasteiger partial charge in [0.1, 0.15) is 0 Å². The Kier molecular flexibility index (Phi) is 5.57. The molecule has 3 heteroatoms. The second kappa shape index (κ2) is 6.80. The molecule has 1 atom stereocenters. The molecule has 0 saturated carbocycles. The lowest BCUT2D eigenvalue weighted by Gasteiger charge is -2.15. The topological polar surface area (TPSA) is 12.0 Å². The Morgan fingerprint density at radius 1 is 1.29 bits per heavy atom. The standard InChI is InChI=1S/C11H15ClFN/c12-9-11(14-8-4-7-13)10-5-2-1-3-6-10/h1-3,5-6,11,14H,4,7-9H2. The highest BCUT2D eigenvalue weighted by molar-refractivity contribution is 6.18. The molecule has 14 heavy (non-hydrogen) atoms. The Hall–Kier alpha value is -0.600. The average Bonchev–Trinajstić information content (AvgIpc) is 2.26. The minimum atomic E-state index is -0.281. The van der Waals surface area contributed by atoms with Crippen molar-refractivity contribution in [3.8, 4) is 0 Å². The molecule has 1 rings (SSSR count). The summed E-state index contributed by atoms with van der Waals surface area (Å²) in [6.45, 7) is 0.388. The molecule has 0 spiro atoms. The summed E-state index contributed by atoms with van der Waals surface area (Å²) >= 11 is 5.82. The summed E-state index contributed by atoms with van der Waals surface area (Å²) in [7, 11) is 0. The van der Waals surface area contributed by atoms with E-state index in [4.69, 9.17) is 11.6 Å². The van der Waals surface area contributed by atoms with Crippen molar-refractivity contribution in [1.29, 1.82) is 0 Å². The van der Waals surface area contributed by atoms with Crippen LogP contribution in [0.15, 0.2) is 30.3 Å². The molecule has 0 bridgehead atoms. The van der Waals surface area contributed by atoms with Gasteiger partial charge in [0.25, 0.3) is 0 Å². The van der Waals surface area contributed by atoms with E-state index in [0.29, 0.717) is 18.8 Å². The number of hydrogen-bond donors (Lipinski definition) is 1. The van der Waals surface area contributed by atoms with Crippen molar-refractivity contribution in [2.24, 2.45) is 0 Å². The van der Waals surface area contributed by atoms with Gasteiger partial charge in [-0.3, -0.25) is 4.39 Å². The van der Waals surface area contributed by atoms with E-state index in [0.717, 1.165) is 5.56 Å². The third kappa shape index (κ3) is 3.64. The summed E-state index contributed by atoms with van der Waals surface area (Å²) in [5.41, 5.74) is 1.15. The molecule has 0 radical (unpaired) electrons. The van der Waals surface area contributed by atoms with Crippen molar-refractivity contribution in [3.05, 3.63) is 35.9 Å². The van der Waals surface area contributed by atoms with Crippen molar-refractivity contribution in [2.45, 2.75) is 12.5 Å². The van der Waals surface area contributed by atoms with Crippen LogP contribution in [0.5, 0.6) is 0 Å². The van der Waals surface area contributed by atoms with Gasteiger partial charge >= 0.3 is 0 Å². The van der Waals surface area contributed by atoms with Gasteiger partial charge < -0.3 is 5.32 Å². The molecule has 78 valence electrons. The molecular formula is C11H15ClFN. The van der Waals surface area contributed by atoms with Gasteiger partial charge in [-0.1, -0.05) is 30.3 Å². The lowest BCUT2D eigenvalue weighted by Crippen LogP contribution is -2.24. The Bertz CT molecular complexity index is 240. The van der Waals surface area contributed by atoms with E-state index >= 15 is 0 Å². The van der Waals surface area contributed by atoms with Gasteiger partial charge in [-0.2, -0.15) is 0 Å². The van der Waals surface area contributed by atoms with Crippen molar-refractivity contribution >= 4 is 11.6 Å². The predicted molar refractivity (Wildman–Crippen MR) is 58.5 cm³/mol. The van der Waals surface area contributed by atoms with E-state index < -0.39 is 0 Å². The van der Waals surface area contributed by atoms with E-state index in [-0.39, 0.29) is 12.7 Å². The fraction of sp³-hybridized carbons (Fsp3) is 0.455. The zero-order valence-corrected chi connectivity index (χ0v) is 8.80. The Labute approximate surface area is 89.3 Å². The van der Waals surface area contributed by atoms with Gasteiger partial charge in [-0.25, -0.2) is 0 Å². The first-order valence-corrected chi connectivity index (χ1v) is 5.32. The van der Waals surface area contributed by atoms with E-state index in [2.05, 4.69) is 5.32 Å². The lowest BCUT2D eigenvalue weighted by molar-refractivity contribution is 0.447. The van der Waals surface area contributed by atoms with Crippen molar-refractivity contribution in [1.82, 2.24) is 5.32 Å². The number of alkyl halides is 2. The Morgan fingerprint density at radius 2 is 2.00 bits per heavy atom. The first-order chi connectivity index (χ1) is 6.88. The highest BCUT2D eigenvalue weighted by atomic mass is 35.5. The van der Waals surface area contributed by atoms with Crippen LogP contribution in [0.1, 0.15) is 18.0 Å². The fourth-order valence-electron chi connectivity index (χ4n) is 1.29. The van der Waals surface area contributed by atoms with Crippen molar-refractivity contribution < 1.29 is 4.39 Å². The molecule has 0 fully saturated rings. The molecule has 0 amide bonds. The SMILES string of the molecule is FCCCNC(CCl)c1ccccc1. The van der Waals surface area contributed by atoms with Crippen LogP contribution in [-0.2, 0) is 0 Å². The maximum atomic E-state index is 11.9. The minimum absolute atomic E-state index is 0.129. The van der Waals surface area contributed by atoms with E-state index in [1.165, 1.54) is 0 Å². The normalized spacial score (nSPS) is 12.7. The van der Waals surface area contributed by atoms with Gasteiger partial charge in [0.05, 0.1) is 6.67 Å². The number of hydrogen-bond acceptors (Lipinski definition) is 1. The quantitative estimate of drug-likeness (QED) is 0.569. The molecule has 1 N–H and O–H groups in total. The van der Waals surface area contributed by atoms with E-state index in [9.17, 15) is 4.39 Å². The number of halogens is 2. The van der Waals surface area contributed by atoms with Gasteiger partial charge in [0.15, 0.2) is 0 Å². The van der Waals surface area contributed by atoms with Crippen LogP contribution < -0.4 is 5.32 Å². The summed E-state index contributed by atoms with van der Waals surface area (Å²) < 4.78 is 11.9. The lowest BCUT2D eigenvalue weighted by atomic mass is 10.1. The third-order valence-corrected chi connectivity index (χ3v) is 2.37. The van der Waals surface area contributed by atoms with Crippen LogP contribution in [0.25, 0.3) is 0 Å². The molecule has 1 unspecified atom stereocenters. The molecule has 0 aromatic heterocycles. The summed E-state index contributed by atoms with van der Waals surface area (Å²) in [6.07, 6.45) is 0.542. The summed E-state index contributed by atoms with van der Waals surface area (Å²) in [5.74, 6) is 0.510. The highest BCUT2D eigenvalue weighted by Crippen LogP contribution is 2.13. The van der Waals surface area contributed by atoms with Gasteiger partial charge in [0, 0.05) is 11.9 Å². The number of rotatable bonds is 6. The monoisotopic (exact) mass is 215 g/mol. The van der Waals surface area contributed by atoms with Gasteiger partial charge in [0.2, 0.25) is 0 Å². The molecule has 0 heterocycles. The molecule has 0 aliphatic rings. The molecular weight excluding hydrogens is 201 g/mol. The second-order valence-corrected chi connectivity index (χ2v) is 3.42. The van der Waals surface area contributed by atoms with Crippen LogP contribution in [-0.4, -0.2) is 19.1 Å². The van der Waals surface area contributed by atoms with Gasteiger partial charge in [-0.05, 0) is 18.5 Å².